The normalized spacial score (nSPS) is 10.5. The molecule has 25 heavy (non-hydrogen) atoms. The second-order valence-corrected chi connectivity index (χ2v) is 5.88. The third kappa shape index (κ3) is 3.88. The van der Waals surface area contributed by atoms with Crippen LogP contribution in [0.15, 0.2) is 48.7 Å². The summed E-state index contributed by atoms with van der Waals surface area (Å²) in [4.78, 5) is 16.6. The zero-order valence-corrected chi connectivity index (χ0v) is 14.5. The van der Waals surface area contributed by atoms with E-state index in [1.807, 2.05) is 38.1 Å². The molecular formula is C20H20N2O3. The Morgan fingerprint density at radius 2 is 1.88 bits per heavy atom. The number of carbonyl (C=O) groups is 1. The van der Waals surface area contributed by atoms with Crippen LogP contribution >= 0.6 is 0 Å². The summed E-state index contributed by atoms with van der Waals surface area (Å²) in [6, 6.07) is 13.2. The Morgan fingerprint density at radius 3 is 2.60 bits per heavy atom. The number of anilines is 1. The van der Waals surface area contributed by atoms with E-state index in [2.05, 4.69) is 16.4 Å². The van der Waals surface area contributed by atoms with Crippen LogP contribution < -0.4 is 14.8 Å². The van der Waals surface area contributed by atoms with Gasteiger partial charge < -0.3 is 14.8 Å². The van der Waals surface area contributed by atoms with Gasteiger partial charge in [0.05, 0.1) is 12.8 Å². The number of amides is 1. The fourth-order valence-electron chi connectivity index (χ4n) is 2.77. The van der Waals surface area contributed by atoms with Gasteiger partial charge in [-0.05, 0) is 61.4 Å². The molecule has 0 spiro atoms. The number of ether oxygens (including phenoxy) is 2. The van der Waals surface area contributed by atoms with E-state index in [1.54, 1.807) is 25.4 Å². The SMILES string of the molecule is COc1ccc(NC(=O)COc2cc(C)cc(C)c2)c2cccnc12. The zero-order valence-electron chi connectivity index (χ0n) is 14.5. The smallest absolute Gasteiger partial charge is 0.262 e. The van der Waals surface area contributed by atoms with E-state index in [1.165, 1.54) is 0 Å². The van der Waals surface area contributed by atoms with Gasteiger partial charge in [0, 0.05) is 11.6 Å². The third-order valence-electron chi connectivity index (χ3n) is 3.79. The van der Waals surface area contributed by atoms with E-state index in [9.17, 15) is 4.79 Å². The van der Waals surface area contributed by atoms with E-state index in [-0.39, 0.29) is 12.5 Å². The van der Waals surface area contributed by atoms with Crippen LogP contribution in [0.3, 0.4) is 0 Å². The van der Waals surface area contributed by atoms with Crippen LogP contribution in [0, 0.1) is 13.8 Å². The molecule has 0 aliphatic rings. The van der Waals surface area contributed by atoms with Gasteiger partial charge >= 0.3 is 0 Å². The van der Waals surface area contributed by atoms with Gasteiger partial charge in [0.2, 0.25) is 0 Å². The Kier molecular flexibility index (Phi) is 4.84. The highest BCUT2D eigenvalue weighted by Crippen LogP contribution is 2.29. The maximum Gasteiger partial charge on any atom is 0.262 e. The van der Waals surface area contributed by atoms with Crippen molar-refractivity contribution in [2.24, 2.45) is 0 Å². The van der Waals surface area contributed by atoms with Crippen LogP contribution in [0.25, 0.3) is 10.9 Å². The molecule has 0 fully saturated rings. The molecule has 5 nitrogen and oxygen atoms in total. The standard InChI is InChI=1S/C20H20N2O3/c1-13-9-14(2)11-15(10-13)25-12-19(23)22-17-6-7-18(24-3)20-16(17)5-4-8-21-20/h4-11H,12H2,1-3H3,(H,22,23). The van der Waals surface area contributed by atoms with E-state index < -0.39 is 0 Å². The van der Waals surface area contributed by atoms with E-state index >= 15 is 0 Å². The number of hydrogen-bond donors (Lipinski definition) is 1. The number of fused-ring (bicyclic) bond motifs is 1. The molecule has 0 aliphatic carbocycles. The molecule has 5 heteroatoms. The molecule has 3 rings (SSSR count). The lowest BCUT2D eigenvalue weighted by Crippen LogP contribution is -2.20. The van der Waals surface area contributed by atoms with Crippen LogP contribution in [-0.2, 0) is 4.79 Å². The lowest BCUT2D eigenvalue weighted by Gasteiger charge is -2.12. The van der Waals surface area contributed by atoms with Gasteiger partial charge in [-0.15, -0.1) is 0 Å². The highest BCUT2D eigenvalue weighted by molar-refractivity contribution is 6.03. The first-order chi connectivity index (χ1) is 12.1. The molecule has 0 aliphatic heterocycles. The van der Waals surface area contributed by atoms with Gasteiger partial charge in [-0.2, -0.15) is 0 Å². The predicted molar refractivity (Wildman–Crippen MR) is 98.3 cm³/mol. The Balaban J connectivity index is 1.74. The lowest BCUT2D eigenvalue weighted by atomic mass is 10.1. The Morgan fingerprint density at radius 1 is 1.12 bits per heavy atom. The maximum absolute atomic E-state index is 12.3. The van der Waals surface area contributed by atoms with Crippen molar-refractivity contribution in [1.82, 2.24) is 4.98 Å². The van der Waals surface area contributed by atoms with Gasteiger partial charge in [-0.25, -0.2) is 0 Å². The summed E-state index contributed by atoms with van der Waals surface area (Å²) in [6.07, 6.45) is 1.69. The maximum atomic E-state index is 12.3. The van der Waals surface area contributed by atoms with Gasteiger partial charge in [0.15, 0.2) is 6.61 Å². The van der Waals surface area contributed by atoms with Crippen LogP contribution in [0.4, 0.5) is 5.69 Å². The number of pyridine rings is 1. The Hall–Kier alpha value is -3.08. The Labute approximate surface area is 146 Å². The summed E-state index contributed by atoms with van der Waals surface area (Å²) in [5.41, 5.74) is 3.58. The lowest BCUT2D eigenvalue weighted by molar-refractivity contribution is -0.118. The first-order valence-corrected chi connectivity index (χ1v) is 7.99. The molecule has 128 valence electrons. The van der Waals surface area contributed by atoms with Crippen LogP contribution in [0.1, 0.15) is 11.1 Å². The third-order valence-corrected chi connectivity index (χ3v) is 3.79. The minimum atomic E-state index is -0.227. The summed E-state index contributed by atoms with van der Waals surface area (Å²) < 4.78 is 10.9. The summed E-state index contributed by atoms with van der Waals surface area (Å²) in [5.74, 6) is 1.13. The highest BCUT2D eigenvalue weighted by Gasteiger charge is 2.10. The minimum Gasteiger partial charge on any atom is -0.494 e. The summed E-state index contributed by atoms with van der Waals surface area (Å²) in [6.45, 7) is 3.93. The predicted octanol–water partition coefficient (Wildman–Crippen LogP) is 3.88. The molecular weight excluding hydrogens is 316 g/mol. The minimum absolute atomic E-state index is 0.0589. The number of carbonyl (C=O) groups excluding carboxylic acids is 1. The average Bonchev–Trinajstić information content (AvgIpc) is 2.59. The summed E-state index contributed by atoms with van der Waals surface area (Å²) in [5, 5.41) is 3.70. The second kappa shape index (κ2) is 7.21. The number of aromatic nitrogens is 1. The molecule has 0 saturated heterocycles. The number of benzene rings is 2. The molecule has 1 heterocycles. The fraction of sp³-hybridized carbons (Fsp3) is 0.200. The number of hydrogen-bond acceptors (Lipinski definition) is 4. The zero-order chi connectivity index (χ0) is 17.8. The molecule has 0 radical (unpaired) electrons. The number of aryl methyl sites for hydroxylation is 2. The van der Waals surface area contributed by atoms with Gasteiger partial charge in [0.1, 0.15) is 17.0 Å². The van der Waals surface area contributed by atoms with Crippen molar-refractivity contribution < 1.29 is 14.3 Å². The average molecular weight is 336 g/mol. The summed E-state index contributed by atoms with van der Waals surface area (Å²) in [7, 11) is 1.60. The van der Waals surface area contributed by atoms with Crippen molar-refractivity contribution in [1.29, 1.82) is 0 Å². The first-order valence-electron chi connectivity index (χ1n) is 7.99. The number of rotatable bonds is 5. The van der Waals surface area contributed by atoms with Crippen molar-refractivity contribution in [2.45, 2.75) is 13.8 Å². The highest BCUT2D eigenvalue weighted by atomic mass is 16.5. The van der Waals surface area contributed by atoms with Crippen molar-refractivity contribution >= 4 is 22.5 Å². The topological polar surface area (TPSA) is 60.5 Å². The largest absolute Gasteiger partial charge is 0.494 e. The van der Waals surface area contributed by atoms with Crippen molar-refractivity contribution in [3.8, 4) is 11.5 Å². The van der Waals surface area contributed by atoms with Crippen LogP contribution in [0.5, 0.6) is 11.5 Å². The molecule has 1 aromatic heterocycles. The fourth-order valence-corrected chi connectivity index (χ4v) is 2.77. The molecule has 2 aromatic carbocycles. The van der Waals surface area contributed by atoms with Gasteiger partial charge in [-0.3, -0.25) is 9.78 Å². The molecule has 3 aromatic rings. The van der Waals surface area contributed by atoms with Crippen LogP contribution in [-0.4, -0.2) is 24.6 Å². The Bertz CT molecular complexity index is 902. The molecule has 0 atom stereocenters. The van der Waals surface area contributed by atoms with E-state index in [0.717, 1.165) is 16.5 Å². The number of nitrogens with zero attached hydrogens (tertiary/aromatic N) is 1. The van der Waals surface area contributed by atoms with Crippen molar-refractivity contribution in [2.75, 3.05) is 19.0 Å². The second-order valence-electron chi connectivity index (χ2n) is 5.88. The quantitative estimate of drug-likeness (QED) is 0.768. The van der Waals surface area contributed by atoms with Crippen LogP contribution in [0.2, 0.25) is 0 Å². The van der Waals surface area contributed by atoms with E-state index in [4.69, 9.17) is 9.47 Å². The molecule has 0 unspecified atom stereocenters. The van der Waals surface area contributed by atoms with Gasteiger partial charge in [0.25, 0.3) is 5.91 Å². The summed E-state index contributed by atoms with van der Waals surface area (Å²) >= 11 is 0. The molecule has 0 bridgehead atoms. The monoisotopic (exact) mass is 336 g/mol. The molecule has 1 N–H and O–H groups in total. The first kappa shape index (κ1) is 16.8. The van der Waals surface area contributed by atoms with E-state index in [0.29, 0.717) is 22.7 Å². The number of nitrogens with one attached hydrogen (secondary N) is 1. The molecule has 1 amide bonds. The molecule has 0 saturated carbocycles. The van der Waals surface area contributed by atoms with Gasteiger partial charge in [-0.1, -0.05) is 6.07 Å². The number of methoxy groups -OCH3 is 1. The van der Waals surface area contributed by atoms with Crippen molar-refractivity contribution in [3.05, 3.63) is 59.8 Å². The van der Waals surface area contributed by atoms with Crippen molar-refractivity contribution in [3.63, 3.8) is 0 Å².